The lowest BCUT2D eigenvalue weighted by atomic mass is 9.91. The number of aromatic nitrogens is 1. The summed E-state index contributed by atoms with van der Waals surface area (Å²) in [5.41, 5.74) is 1.43. The Morgan fingerprint density at radius 1 is 1.36 bits per heavy atom. The number of halogens is 1. The van der Waals surface area contributed by atoms with E-state index in [0.29, 0.717) is 0 Å². The molecule has 14 heavy (non-hydrogen) atoms. The molecule has 1 saturated heterocycles. The van der Waals surface area contributed by atoms with Gasteiger partial charge in [0.25, 0.3) is 0 Å². The molecule has 2 heterocycles. The van der Waals surface area contributed by atoms with Gasteiger partial charge in [0.15, 0.2) is 0 Å². The predicted octanol–water partition coefficient (Wildman–Crippen LogP) is -2.52. The van der Waals surface area contributed by atoms with Crippen molar-refractivity contribution >= 4 is 0 Å². The molecule has 0 amide bonds. The molecule has 1 aliphatic heterocycles. The van der Waals surface area contributed by atoms with Crippen LogP contribution in [0, 0.1) is 0 Å². The second kappa shape index (κ2) is 5.32. The predicted molar refractivity (Wildman–Crippen MR) is 52.8 cm³/mol. The summed E-state index contributed by atoms with van der Waals surface area (Å²) in [5, 5.41) is 0. The van der Waals surface area contributed by atoms with E-state index in [1.807, 2.05) is 18.5 Å². The zero-order valence-corrected chi connectivity index (χ0v) is 9.30. The molecule has 0 radical (unpaired) electrons. The van der Waals surface area contributed by atoms with Crippen LogP contribution in [-0.2, 0) is 0 Å². The third kappa shape index (κ3) is 2.69. The van der Waals surface area contributed by atoms with E-state index in [9.17, 15) is 0 Å². The standard InChI is InChI=1S/C11H16N2.ClH/c1-13-7-4-10(5-8-13)11-3-2-6-12-9-11;/h2-3,6,9-10H,4-5,7-8H2,1H3;1H. The van der Waals surface area contributed by atoms with E-state index in [0.717, 1.165) is 5.92 Å². The first-order valence-electron chi connectivity index (χ1n) is 5.07. The van der Waals surface area contributed by atoms with Gasteiger partial charge >= 0.3 is 0 Å². The molecule has 1 aliphatic rings. The zero-order valence-electron chi connectivity index (χ0n) is 8.54. The largest absolute Gasteiger partial charge is 1.00 e. The van der Waals surface area contributed by atoms with Crippen LogP contribution in [0.5, 0.6) is 0 Å². The van der Waals surface area contributed by atoms with Gasteiger partial charge in [0.05, 0.1) is 20.1 Å². The number of quaternary nitrogens is 1. The van der Waals surface area contributed by atoms with E-state index >= 15 is 0 Å². The van der Waals surface area contributed by atoms with Gasteiger partial charge in [-0.25, -0.2) is 0 Å². The van der Waals surface area contributed by atoms with Crippen LogP contribution in [0.15, 0.2) is 24.5 Å². The minimum atomic E-state index is 0. The van der Waals surface area contributed by atoms with Gasteiger partial charge in [0.2, 0.25) is 0 Å². The summed E-state index contributed by atoms with van der Waals surface area (Å²) >= 11 is 0. The molecule has 0 aliphatic carbocycles. The maximum atomic E-state index is 4.17. The van der Waals surface area contributed by atoms with Crippen molar-refractivity contribution in [3.05, 3.63) is 30.1 Å². The molecule has 78 valence electrons. The Labute approximate surface area is 91.7 Å². The maximum Gasteiger partial charge on any atom is 0.0774 e. The highest BCUT2D eigenvalue weighted by molar-refractivity contribution is 5.14. The first kappa shape index (κ1) is 11.5. The van der Waals surface area contributed by atoms with E-state index < -0.39 is 0 Å². The SMILES string of the molecule is C[NH+]1CCC(c2cccnc2)CC1.[Cl-]. The summed E-state index contributed by atoms with van der Waals surface area (Å²) < 4.78 is 0. The van der Waals surface area contributed by atoms with E-state index in [1.165, 1.54) is 31.5 Å². The molecule has 0 bridgehead atoms. The normalized spacial score (nSPS) is 26.6. The first-order chi connectivity index (χ1) is 6.36. The van der Waals surface area contributed by atoms with Gasteiger partial charge in [-0.1, -0.05) is 6.07 Å². The summed E-state index contributed by atoms with van der Waals surface area (Å²) in [5.74, 6) is 0.761. The van der Waals surface area contributed by atoms with Crippen LogP contribution in [-0.4, -0.2) is 25.1 Å². The topological polar surface area (TPSA) is 17.3 Å². The molecule has 2 rings (SSSR count). The summed E-state index contributed by atoms with van der Waals surface area (Å²) in [6.07, 6.45) is 6.50. The van der Waals surface area contributed by atoms with E-state index in [4.69, 9.17) is 0 Å². The highest BCUT2D eigenvalue weighted by atomic mass is 35.5. The fourth-order valence-electron chi connectivity index (χ4n) is 2.06. The van der Waals surface area contributed by atoms with Gasteiger partial charge in [-0.2, -0.15) is 0 Å². The van der Waals surface area contributed by atoms with Crippen LogP contribution in [0.3, 0.4) is 0 Å². The van der Waals surface area contributed by atoms with Crippen molar-refractivity contribution in [3.63, 3.8) is 0 Å². The number of nitrogens with zero attached hydrogens (tertiary/aromatic N) is 1. The van der Waals surface area contributed by atoms with Crippen LogP contribution in [0.2, 0.25) is 0 Å². The monoisotopic (exact) mass is 212 g/mol. The molecule has 3 heteroatoms. The zero-order chi connectivity index (χ0) is 9.10. The van der Waals surface area contributed by atoms with Crippen LogP contribution >= 0.6 is 0 Å². The summed E-state index contributed by atoms with van der Waals surface area (Å²) in [6, 6.07) is 4.25. The van der Waals surface area contributed by atoms with Crippen LogP contribution in [0.4, 0.5) is 0 Å². The number of hydrogen-bond acceptors (Lipinski definition) is 1. The third-order valence-electron chi connectivity index (χ3n) is 2.99. The summed E-state index contributed by atoms with van der Waals surface area (Å²) in [6.45, 7) is 2.61. The Balaban J connectivity index is 0.000000980. The van der Waals surface area contributed by atoms with E-state index in [-0.39, 0.29) is 12.4 Å². The van der Waals surface area contributed by atoms with Crippen molar-refractivity contribution in [2.45, 2.75) is 18.8 Å². The third-order valence-corrected chi connectivity index (χ3v) is 2.99. The molecular weight excluding hydrogens is 196 g/mol. The van der Waals surface area contributed by atoms with Gasteiger partial charge in [0, 0.05) is 25.2 Å². The highest BCUT2D eigenvalue weighted by Gasteiger charge is 2.20. The van der Waals surface area contributed by atoms with Crippen molar-refractivity contribution in [2.75, 3.05) is 20.1 Å². The van der Waals surface area contributed by atoms with Crippen LogP contribution in [0.25, 0.3) is 0 Å². The second-order valence-corrected chi connectivity index (χ2v) is 4.02. The Morgan fingerprint density at radius 3 is 2.64 bits per heavy atom. The summed E-state index contributed by atoms with van der Waals surface area (Å²) in [4.78, 5) is 5.84. The van der Waals surface area contributed by atoms with E-state index in [2.05, 4.69) is 18.1 Å². The average Bonchev–Trinajstić information content (AvgIpc) is 2.20. The first-order valence-corrected chi connectivity index (χ1v) is 5.07. The molecular formula is C11H17ClN2. The number of rotatable bonds is 1. The molecule has 0 atom stereocenters. The minimum Gasteiger partial charge on any atom is -1.00 e. The Kier molecular flexibility index (Phi) is 4.36. The number of likely N-dealkylation sites (tertiary alicyclic amines) is 1. The lowest BCUT2D eigenvalue weighted by Crippen LogP contribution is -3.10. The minimum absolute atomic E-state index is 0. The lowest BCUT2D eigenvalue weighted by Gasteiger charge is -2.26. The van der Waals surface area contributed by atoms with Crippen molar-refractivity contribution in [2.24, 2.45) is 0 Å². The smallest absolute Gasteiger partial charge is 0.0774 e. The molecule has 1 aromatic heterocycles. The second-order valence-electron chi connectivity index (χ2n) is 4.02. The number of piperidine rings is 1. The van der Waals surface area contributed by atoms with Gasteiger partial charge in [-0.3, -0.25) is 4.98 Å². The Hall–Kier alpha value is -0.600. The van der Waals surface area contributed by atoms with Gasteiger partial charge in [0.1, 0.15) is 0 Å². The van der Waals surface area contributed by atoms with Crippen LogP contribution < -0.4 is 17.3 Å². The molecule has 1 fully saturated rings. The lowest BCUT2D eigenvalue weighted by molar-refractivity contribution is -0.885. The molecule has 2 nitrogen and oxygen atoms in total. The summed E-state index contributed by atoms with van der Waals surface area (Å²) in [7, 11) is 2.28. The Morgan fingerprint density at radius 2 is 2.07 bits per heavy atom. The van der Waals surface area contributed by atoms with Gasteiger partial charge in [-0.05, 0) is 17.5 Å². The average molecular weight is 213 g/mol. The number of hydrogen-bond donors (Lipinski definition) is 1. The van der Waals surface area contributed by atoms with Crippen LogP contribution in [0.1, 0.15) is 24.3 Å². The Bertz CT molecular complexity index is 255. The van der Waals surface area contributed by atoms with Crippen molar-refractivity contribution in [1.82, 2.24) is 4.98 Å². The fraction of sp³-hybridized carbons (Fsp3) is 0.545. The van der Waals surface area contributed by atoms with Gasteiger partial charge in [-0.15, -0.1) is 0 Å². The number of pyridine rings is 1. The van der Waals surface area contributed by atoms with Gasteiger partial charge < -0.3 is 17.3 Å². The van der Waals surface area contributed by atoms with Crippen molar-refractivity contribution in [3.8, 4) is 0 Å². The molecule has 0 aromatic carbocycles. The highest BCUT2D eigenvalue weighted by Crippen LogP contribution is 2.22. The van der Waals surface area contributed by atoms with E-state index in [1.54, 1.807) is 4.90 Å². The maximum absolute atomic E-state index is 4.17. The van der Waals surface area contributed by atoms with Crippen molar-refractivity contribution < 1.29 is 17.3 Å². The quantitative estimate of drug-likeness (QED) is 0.544. The fourth-order valence-corrected chi connectivity index (χ4v) is 2.06. The van der Waals surface area contributed by atoms with Crippen molar-refractivity contribution in [1.29, 1.82) is 0 Å². The molecule has 0 unspecified atom stereocenters. The number of nitrogens with one attached hydrogen (secondary N) is 1. The molecule has 1 N–H and O–H groups in total. The molecule has 0 saturated carbocycles. The molecule has 0 spiro atoms. The molecule has 1 aromatic rings.